The molecule has 6 heteroatoms. The molecule has 0 aliphatic carbocycles. The predicted molar refractivity (Wildman–Crippen MR) is 57.7 cm³/mol. The Balaban J connectivity index is 2.65. The molecule has 15 heavy (non-hydrogen) atoms. The molecule has 0 aliphatic heterocycles. The Bertz CT molecular complexity index is 402. The molecule has 1 aromatic rings. The van der Waals surface area contributed by atoms with Crippen molar-refractivity contribution in [1.29, 1.82) is 0 Å². The Morgan fingerprint density at radius 1 is 1.47 bits per heavy atom. The molecular formula is C9H12ClNO3S. The van der Waals surface area contributed by atoms with Crippen LogP contribution < -0.4 is 4.74 Å². The molecular weight excluding hydrogens is 238 g/mol. The second-order valence-electron chi connectivity index (χ2n) is 2.97. The van der Waals surface area contributed by atoms with E-state index < -0.39 is 9.05 Å². The molecule has 0 aliphatic rings. The Morgan fingerprint density at radius 2 is 2.20 bits per heavy atom. The van der Waals surface area contributed by atoms with Crippen molar-refractivity contribution in [2.45, 2.75) is 24.7 Å². The number of nitrogens with zero attached hydrogens (tertiary/aromatic N) is 1. The van der Waals surface area contributed by atoms with E-state index in [0.29, 0.717) is 12.5 Å². The Morgan fingerprint density at radius 3 is 2.67 bits per heavy atom. The molecule has 0 saturated heterocycles. The van der Waals surface area contributed by atoms with Crippen LogP contribution in [0.5, 0.6) is 5.88 Å². The summed E-state index contributed by atoms with van der Waals surface area (Å²) >= 11 is 0. The molecule has 1 aromatic heterocycles. The SMILES string of the molecule is CCCCOc1ccc(S(=O)(=O)Cl)cn1. The molecule has 0 fully saturated rings. The maximum Gasteiger partial charge on any atom is 0.262 e. The van der Waals surface area contributed by atoms with Gasteiger partial charge in [0.25, 0.3) is 9.05 Å². The van der Waals surface area contributed by atoms with Gasteiger partial charge in [-0.15, -0.1) is 0 Å². The molecule has 84 valence electrons. The summed E-state index contributed by atoms with van der Waals surface area (Å²) in [6, 6.07) is 2.86. The number of ether oxygens (including phenoxy) is 1. The van der Waals surface area contributed by atoms with Gasteiger partial charge in [0.15, 0.2) is 0 Å². The van der Waals surface area contributed by atoms with Crippen molar-refractivity contribution in [1.82, 2.24) is 4.98 Å². The second-order valence-corrected chi connectivity index (χ2v) is 5.54. The third-order valence-electron chi connectivity index (χ3n) is 1.74. The minimum absolute atomic E-state index is 0.0213. The zero-order chi connectivity index (χ0) is 11.3. The fourth-order valence-electron chi connectivity index (χ4n) is 0.917. The molecule has 0 spiro atoms. The minimum atomic E-state index is -3.69. The van der Waals surface area contributed by atoms with E-state index in [4.69, 9.17) is 15.4 Å². The minimum Gasteiger partial charge on any atom is -0.478 e. The Labute approximate surface area is 93.7 Å². The topological polar surface area (TPSA) is 56.3 Å². The van der Waals surface area contributed by atoms with E-state index in [0.717, 1.165) is 12.8 Å². The van der Waals surface area contributed by atoms with Crippen LogP contribution in [0.15, 0.2) is 23.2 Å². The van der Waals surface area contributed by atoms with Crippen molar-refractivity contribution in [3.8, 4) is 5.88 Å². The molecule has 0 amide bonds. The van der Waals surface area contributed by atoms with E-state index in [9.17, 15) is 8.42 Å². The normalized spacial score (nSPS) is 11.3. The van der Waals surface area contributed by atoms with E-state index in [-0.39, 0.29) is 4.90 Å². The van der Waals surface area contributed by atoms with Crippen LogP contribution in [0.25, 0.3) is 0 Å². The van der Waals surface area contributed by atoms with Crippen LogP contribution in [0.4, 0.5) is 0 Å². The smallest absolute Gasteiger partial charge is 0.262 e. The highest BCUT2D eigenvalue weighted by Gasteiger charge is 2.09. The highest BCUT2D eigenvalue weighted by atomic mass is 35.7. The number of rotatable bonds is 5. The fraction of sp³-hybridized carbons (Fsp3) is 0.444. The molecule has 0 atom stereocenters. The summed E-state index contributed by atoms with van der Waals surface area (Å²) in [5.41, 5.74) is 0. The number of halogens is 1. The Kier molecular flexibility index (Phi) is 4.35. The van der Waals surface area contributed by atoms with Gasteiger partial charge in [-0.05, 0) is 12.5 Å². The maximum atomic E-state index is 10.9. The summed E-state index contributed by atoms with van der Waals surface area (Å²) in [5.74, 6) is 0.410. The summed E-state index contributed by atoms with van der Waals surface area (Å²) < 4.78 is 27.0. The van der Waals surface area contributed by atoms with Gasteiger partial charge in [0, 0.05) is 16.7 Å². The van der Waals surface area contributed by atoms with Gasteiger partial charge in [-0.3, -0.25) is 0 Å². The predicted octanol–water partition coefficient (Wildman–Crippen LogP) is 2.19. The summed E-state index contributed by atoms with van der Waals surface area (Å²) in [6.45, 7) is 2.64. The first-order valence-corrected chi connectivity index (χ1v) is 6.88. The van der Waals surface area contributed by atoms with Crippen LogP contribution >= 0.6 is 10.7 Å². The first-order valence-electron chi connectivity index (χ1n) is 4.57. The van der Waals surface area contributed by atoms with Gasteiger partial charge in [-0.25, -0.2) is 13.4 Å². The van der Waals surface area contributed by atoms with Crippen molar-refractivity contribution in [3.63, 3.8) is 0 Å². The largest absolute Gasteiger partial charge is 0.478 e. The van der Waals surface area contributed by atoms with Gasteiger partial charge in [0.05, 0.1) is 12.8 Å². The molecule has 4 nitrogen and oxygen atoms in total. The van der Waals surface area contributed by atoms with E-state index in [1.165, 1.54) is 18.3 Å². The number of pyridine rings is 1. The summed E-state index contributed by atoms with van der Waals surface area (Å²) in [4.78, 5) is 3.81. The third kappa shape index (κ3) is 4.05. The maximum absolute atomic E-state index is 10.9. The lowest BCUT2D eigenvalue weighted by Crippen LogP contribution is -1.99. The fourth-order valence-corrected chi connectivity index (χ4v) is 1.60. The lowest BCUT2D eigenvalue weighted by molar-refractivity contribution is 0.297. The summed E-state index contributed by atoms with van der Waals surface area (Å²) in [6.07, 6.45) is 3.16. The van der Waals surface area contributed by atoms with Gasteiger partial charge >= 0.3 is 0 Å². The zero-order valence-electron chi connectivity index (χ0n) is 8.31. The highest BCUT2D eigenvalue weighted by Crippen LogP contribution is 2.16. The van der Waals surface area contributed by atoms with E-state index in [2.05, 4.69) is 11.9 Å². The van der Waals surface area contributed by atoms with Gasteiger partial charge in [0.1, 0.15) is 4.90 Å². The van der Waals surface area contributed by atoms with Crippen LogP contribution in [0, 0.1) is 0 Å². The van der Waals surface area contributed by atoms with Gasteiger partial charge < -0.3 is 4.74 Å². The van der Waals surface area contributed by atoms with Crippen molar-refractivity contribution < 1.29 is 13.2 Å². The lowest BCUT2D eigenvalue weighted by atomic mass is 10.4. The number of aromatic nitrogens is 1. The number of hydrogen-bond donors (Lipinski definition) is 0. The Hall–Kier alpha value is -0.810. The van der Waals surface area contributed by atoms with E-state index in [1.807, 2.05) is 0 Å². The van der Waals surface area contributed by atoms with Crippen LogP contribution in [0.3, 0.4) is 0 Å². The number of hydrogen-bond acceptors (Lipinski definition) is 4. The molecule has 0 saturated carbocycles. The van der Waals surface area contributed by atoms with Crippen molar-refractivity contribution in [3.05, 3.63) is 18.3 Å². The third-order valence-corrected chi connectivity index (χ3v) is 3.08. The van der Waals surface area contributed by atoms with Crippen molar-refractivity contribution in [2.75, 3.05) is 6.61 Å². The van der Waals surface area contributed by atoms with Crippen molar-refractivity contribution in [2.24, 2.45) is 0 Å². The average molecular weight is 250 g/mol. The standard InChI is InChI=1S/C9H12ClNO3S/c1-2-3-6-14-9-5-4-8(7-11-9)15(10,12)13/h4-5,7H,2-3,6H2,1H3. The van der Waals surface area contributed by atoms with Crippen LogP contribution in [0.2, 0.25) is 0 Å². The molecule has 0 unspecified atom stereocenters. The average Bonchev–Trinajstić information content (AvgIpc) is 2.18. The molecule has 0 aromatic carbocycles. The van der Waals surface area contributed by atoms with Crippen molar-refractivity contribution >= 4 is 19.7 Å². The monoisotopic (exact) mass is 249 g/mol. The first kappa shape index (κ1) is 12.3. The quantitative estimate of drug-likeness (QED) is 0.593. The van der Waals surface area contributed by atoms with Crippen LogP contribution in [-0.2, 0) is 9.05 Å². The van der Waals surface area contributed by atoms with Gasteiger partial charge in [0.2, 0.25) is 5.88 Å². The highest BCUT2D eigenvalue weighted by molar-refractivity contribution is 8.13. The zero-order valence-corrected chi connectivity index (χ0v) is 9.88. The van der Waals surface area contributed by atoms with Crippen LogP contribution in [0.1, 0.15) is 19.8 Å². The molecule has 0 radical (unpaired) electrons. The summed E-state index contributed by atoms with van der Waals surface area (Å²) in [7, 11) is 1.44. The molecule has 0 N–H and O–H groups in total. The lowest BCUT2D eigenvalue weighted by Gasteiger charge is -2.03. The van der Waals surface area contributed by atoms with Gasteiger partial charge in [-0.1, -0.05) is 13.3 Å². The second kappa shape index (κ2) is 5.32. The van der Waals surface area contributed by atoms with E-state index >= 15 is 0 Å². The molecule has 1 rings (SSSR count). The first-order chi connectivity index (χ1) is 7.04. The van der Waals surface area contributed by atoms with Crippen LogP contribution in [-0.4, -0.2) is 20.0 Å². The molecule has 1 heterocycles. The number of unbranched alkanes of at least 4 members (excludes halogenated alkanes) is 1. The summed E-state index contributed by atoms with van der Waals surface area (Å²) in [5, 5.41) is 0. The van der Waals surface area contributed by atoms with Gasteiger partial charge in [-0.2, -0.15) is 0 Å². The molecule has 0 bridgehead atoms. The van der Waals surface area contributed by atoms with E-state index in [1.54, 1.807) is 0 Å².